The van der Waals surface area contributed by atoms with Crippen LogP contribution in [0.2, 0.25) is 0 Å². The number of hydrogen-bond acceptors (Lipinski definition) is 2. The van der Waals surface area contributed by atoms with E-state index in [9.17, 15) is 0 Å². The molecule has 0 bridgehead atoms. The minimum Gasteiger partial charge on any atom is -0.271 e. The Morgan fingerprint density at radius 2 is 1.88 bits per heavy atom. The normalized spacial score (nSPS) is 13.8. The lowest BCUT2D eigenvalue weighted by atomic mass is 9.86. The van der Waals surface area contributed by atoms with Crippen molar-refractivity contribution in [1.29, 1.82) is 0 Å². The van der Waals surface area contributed by atoms with Gasteiger partial charge in [-0.05, 0) is 43.2 Å². The maximum Gasteiger partial charge on any atom is 0.0462 e. The predicted molar refractivity (Wildman–Crippen MR) is 74.7 cm³/mol. The van der Waals surface area contributed by atoms with Crippen LogP contribution in [0.4, 0.5) is 0 Å². The monoisotopic (exact) mass is 234 g/mol. The van der Waals surface area contributed by atoms with Gasteiger partial charge in [0.15, 0.2) is 0 Å². The molecule has 96 valence electrons. The standard InChI is InChI=1S/C15H26N2/c1-11-6-7-12(2)13(10-11)14(17-16)8-9-15(3,4)5/h6-7,10,14,17H,8-9,16H2,1-5H3. The van der Waals surface area contributed by atoms with E-state index in [2.05, 4.69) is 58.2 Å². The van der Waals surface area contributed by atoms with E-state index in [0.29, 0.717) is 5.41 Å². The molecule has 17 heavy (non-hydrogen) atoms. The van der Waals surface area contributed by atoms with Gasteiger partial charge >= 0.3 is 0 Å². The van der Waals surface area contributed by atoms with Gasteiger partial charge in [-0.2, -0.15) is 0 Å². The highest BCUT2D eigenvalue weighted by Crippen LogP contribution is 2.28. The molecular weight excluding hydrogens is 208 g/mol. The zero-order valence-electron chi connectivity index (χ0n) is 11.8. The zero-order valence-corrected chi connectivity index (χ0v) is 11.8. The molecule has 1 unspecified atom stereocenters. The van der Waals surface area contributed by atoms with E-state index in [1.54, 1.807) is 0 Å². The topological polar surface area (TPSA) is 38.0 Å². The smallest absolute Gasteiger partial charge is 0.0462 e. The van der Waals surface area contributed by atoms with Crippen LogP contribution in [-0.4, -0.2) is 0 Å². The van der Waals surface area contributed by atoms with Gasteiger partial charge in [0.25, 0.3) is 0 Å². The molecule has 2 nitrogen and oxygen atoms in total. The fraction of sp³-hybridized carbons (Fsp3) is 0.600. The average molecular weight is 234 g/mol. The van der Waals surface area contributed by atoms with E-state index in [0.717, 1.165) is 12.8 Å². The molecule has 0 aromatic heterocycles. The Kier molecular flexibility index (Phi) is 4.72. The molecule has 0 fully saturated rings. The number of benzene rings is 1. The molecule has 1 aromatic rings. The lowest BCUT2D eigenvalue weighted by Gasteiger charge is -2.24. The molecule has 1 atom stereocenters. The van der Waals surface area contributed by atoms with E-state index in [1.807, 2.05) is 0 Å². The first-order valence-electron chi connectivity index (χ1n) is 6.37. The second kappa shape index (κ2) is 5.65. The van der Waals surface area contributed by atoms with Crippen LogP contribution in [0, 0.1) is 19.3 Å². The van der Waals surface area contributed by atoms with Crippen molar-refractivity contribution in [2.24, 2.45) is 11.3 Å². The summed E-state index contributed by atoms with van der Waals surface area (Å²) in [5, 5.41) is 0. The Labute approximate surface area is 106 Å². The van der Waals surface area contributed by atoms with Crippen molar-refractivity contribution in [3.8, 4) is 0 Å². The highest BCUT2D eigenvalue weighted by molar-refractivity contribution is 5.32. The summed E-state index contributed by atoms with van der Waals surface area (Å²) < 4.78 is 0. The van der Waals surface area contributed by atoms with E-state index >= 15 is 0 Å². The fourth-order valence-electron chi connectivity index (χ4n) is 2.04. The second-order valence-electron chi connectivity index (χ2n) is 6.18. The molecular formula is C15H26N2. The van der Waals surface area contributed by atoms with Crippen molar-refractivity contribution >= 4 is 0 Å². The molecule has 1 aromatic carbocycles. The van der Waals surface area contributed by atoms with Gasteiger partial charge in [-0.25, -0.2) is 0 Å². The van der Waals surface area contributed by atoms with E-state index in [4.69, 9.17) is 5.84 Å². The number of hydrogen-bond donors (Lipinski definition) is 2. The van der Waals surface area contributed by atoms with Crippen molar-refractivity contribution in [3.05, 3.63) is 34.9 Å². The van der Waals surface area contributed by atoms with Crippen molar-refractivity contribution in [2.75, 3.05) is 0 Å². The number of hydrazine groups is 1. The first-order chi connectivity index (χ1) is 7.83. The first kappa shape index (κ1) is 14.2. The van der Waals surface area contributed by atoms with Gasteiger partial charge in [-0.15, -0.1) is 0 Å². The molecule has 2 heteroatoms. The lowest BCUT2D eigenvalue weighted by molar-refractivity contribution is 0.333. The Morgan fingerprint density at radius 3 is 2.41 bits per heavy atom. The van der Waals surface area contributed by atoms with Gasteiger partial charge in [-0.1, -0.05) is 44.5 Å². The van der Waals surface area contributed by atoms with Crippen molar-refractivity contribution in [3.63, 3.8) is 0 Å². The van der Waals surface area contributed by atoms with Gasteiger partial charge in [0, 0.05) is 6.04 Å². The largest absolute Gasteiger partial charge is 0.271 e. The Hall–Kier alpha value is -0.860. The quantitative estimate of drug-likeness (QED) is 0.616. The van der Waals surface area contributed by atoms with Crippen molar-refractivity contribution in [1.82, 2.24) is 5.43 Å². The minimum absolute atomic E-state index is 0.258. The summed E-state index contributed by atoms with van der Waals surface area (Å²) in [6, 6.07) is 6.82. The van der Waals surface area contributed by atoms with Crippen LogP contribution in [0.5, 0.6) is 0 Å². The van der Waals surface area contributed by atoms with Crippen molar-refractivity contribution < 1.29 is 0 Å². The molecule has 3 N–H and O–H groups in total. The molecule has 0 aliphatic heterocycles. The van der Waals surface area contributed by atoms with Crippen LogP contribution in [0.15, 0.2) is 18.2 Å². The molecule has 0 aliphatic carbocycles. The maximum absolute atomic E-state index is 5.70. The summed E-state index contributed by atoms with van der Waals surface area (Å²) in [5.41, 5.74) is 7.25. The average Bonchev–Trinajstić information content (AvgIpc) is 2.22. The summed E-state index contributed by atoms with van der Waals surface area (Å²) in [4.78, 5) is 0. The van der Waals surface area contributed by atoms with E-state index in [-0.39, 0.29) is 6.04 Å². The van der Waals surface area contributed by atoms with Gasteiger partial charge in [0.05, 0.1) is 0 Å². The Morgan fingerprint density at radius 1 is 1.24 bits per heavy atom. The van der Waals surface area contributed by atoms with Crippen LogP contribution in [0.25, 0.3) is 0 Å². The summed E-state index contributed by atoms with van der Waals surface area (Å²) in [6.07, 6.45) is 2.24. The molecule has 0 radical (unpaired) electrons. The predicted octanol–water partition coefficient (Wildman–Crippen LogP) is 3.63. The third-order valence-corrected chi connectivity index (χ3v) is 3.19. The Bertz CT molecular complexity index is 364. The number of nitrogens with one attached hydrogen (secondary N) is 1. The zero-order chi connectivity index (χ0) is 13.1. The van der Waals surface area contributed by atoms with Crippen molar-refractivity contribution in [2.45, 2.75) is 53.5 Å². The third-order valence-electron chi connectivity index (χ3n) is 3.19. The van der Waals surface area contributed by atoms with Crippen LogP contribution in [0.3, 0.4) is 0 Å². The highest BCUT2D eigenvalue weighted by Gasteiger charge is 2.17. The van der Waals surface area contributed by atoms with Crippen LogP contribution >= 0.6 is 0 Å². The molecule has 0 heterocycles. The van der Waals surface area contributed by atoms with E-state index < -0.39 is 0 Å². The molecule has 0 saturated carbocycles. The number of nitrogens with two attached hydrogens (primary N) is 1. The first-order valence-corrected chi connectivity index (χ1v) is 6.37. The summed E-state index contributed by atoms with van der Waals surface area (Å²) in [6.45, 7) is 11.1. The fourth-order valence-corrected chi connectivity index (χ4v) is 2.04. The molecule has 0 amide bonds. The second-order valence-corrected chi connectivity index (χ2v) is 6.18. The summed E-state index contributed by atoms with van der Waals surface area (Å²) in [5.74, 6) is 5.70. The Balaban J connectivity index is 2.82. The van der Waals surface area contributed by atoms with Crippen LogP contribution < -0.4 is 11.3 Å². The van der Waals surface area contributed by atoms with Crippen LogP contribution in [-0.2, 0) is 0 Å². The summed E-state index contributed by atoms with van der Waals surface area (Å²) >= 11 is 0. The number of rotatable bonds is 4. The highest BCUT2D eigenvalue weighted by atomic mass is 15.2. The van der Waals surface area contributed by atoms with Gasteiger partial charge in [-0.3, -0.25) is 11.3 Å². The van der Waals surface area contributed by atoms with E-state index in [1.165, 1.54) is 16.7 Å². The van der Waals surface area contributed by atoms with Gasteiger partial charge in [0.1, 0.15) is 0 Å². The third kappa shape index (κ3) is 4.49. The number of aryl methyl sites for hydroxylation is 2. The molecule has 0 spiro atoms. The SMILES string of the molecule is Cc1ccc(C)c(C(CCC(C)(C)C)NN)c1. The summed E-state index contributed by atoms with van der Waals surface area (Å²) in [7, 11) is 0. The van der Waals surface area contributed by atoms with Crippen LogP contribution in [0.1, 0.15) is 56.3 Å². The molecule has 0 aliphatic rings. The maximum atomic E-state index is 5.70. The molecule has 0 saturated heterocycles. The lowest BCUT2D eigenvalue weighted by Crippen LogP contribution is -2.29. The minimum atomic E-state index is 0.258. The van der Waals surface area contributed by atoms with Gasteiger partial charge in [0.2, 0.25) is 0 Å². The molecule has 1 rings (SSSR count). The van der Waals surface area contributed by atoms with Gasteiger partial charge < -0.3 is 0 Å².